The monoisotopic (exact) mass is 271 g/mol. The molecule has 0 saturated carbocycles. The van der Waals surface area contributed by atoms with Gasteiger partial charge in [-0.05, 0) is 30.3 Å². The first-order chi connectivity index (χ1) is 9.71. The quantitative estimate of drug-likeness (QED) is 0.917. The molecule has 0 unspecified atom stereocenters. The van der Waals surface area contributed by atoms with Crippen molar-refractivity contribution in [1.29, 1.82) is 0 Å². The molecule has 1 amide bonds. The van der Waals surface area contributed by atoms with Gasteiger partial charge in [-0.3, -0.25) is 4.79 Å². The van der Waals surface area contributed by atoms with Crippen LogP contribution in [0.3, 0.4) is 0 Å². The average Bonchev–Trinajstić information content (AvgIpc) is 2.44. The van der Waals surface area contributed by atoms with Crippen LogP contribution in [0, 0.1) is 5.92 Å². The van der Waals surface area contributed by atoms with Crippen molar-refractivity contribution in [3.05, 3.63) is 30.3 Å². The second-order valence-electron chi connectivity index (χ2n) is 4.94. The first-order valence-corrected chi connectivity index (χ1v) is 6.62. The van der Waals surface area contributed by atoms with Gasteiger partial charge in [-0.25, -0.2) is 4.98 Å². The largest absolute Gasteiger partial charge is 0.497 e. The first kappa shape index (κ1) is 12.7. The Hall–Kier alpha value is -2.30. The Morgan fingerprint density at radius 2 is 2.15 bits per heavy atom. The van der Waals surface area contributed by atoms with E-state index in [0.29, 0.717) is 0 Å². The summed E-state index contributed by atoms with van der Waals surface area (Å²) in [6, 6.07) is 9.85. The highest BCUT2D eigenvalue weighted by atomic mass is 16.5. The molecule has 0 atom stereocenters. The molecule has 0 aliphatic carbocycles. The Balaban J connectivity index is 1.79. The van der Waals surface area contributed by atoms with Crippen molar-refractivity contribution in [3.8, 4) is 5.75 Å². The van der Waals surface area contributed by atoms with Gasteiger partial charge < -0.3 is 15.0 Å². The number of methoxy groups -OCH3 is 1. The molecule has 0 radical (unpaired) electrons. The van der Waals surface area contributed by atoms with Crippen LogP contribution in [0.5, 0.6) is 5.75 Å². The van der Waals surface area contributed by atoms with Gasteiger partial charge in [0.05, 0.1) is 18.5 Å². The minimum atomic E-state index is 0.0772. The standard InChI is InChI=1S/C15H17N3O2/c1-16-15(19)11-8-18(9-11)14-6-3-10-7-12(20-2)4-5-13(10)17-14/h3-7,11H,8-9H2,1-2H3,(H,16,19). The zero-order chi connectivity index (χ0) is 14.1. The predicted octanol–water partition coefficient (Wildman–Crippen LogP) is 1.43. The minimum Gasteiger partial charge on any atom is -0.497 e. The molecule has 5 heteroatoms. The number of hydrogen-bond acceptors (Lipinski definition) is 4. The maximum Gasteiger partial charge on any atom is 0.226 e. The molecule has 104 valence electrons. The summed E-state index contributed by atoms with van der Waals surface area (Å²) in [4.78, 5) is 18.2. The molecule has 1 aliphatic heterocycles. The maximum absolute atomic E-state index is 11.5. The van der Waals surface area contributed by atoms with Crippen LogP contribution >= 0.6 is 0 Å². The van der Waals surface area contributed by atoms with Gasteiger partial charge in [0.1, 0.15) is 11.6 Å². The number of anilines is 1. The fourth-order valence-corrected chi connectivity index (χ4v) is 2.43. The molecule has 1 aliphatic rings. The number of nitrogens with one attached hydrogen (secondary N) is 1. The third-order valence-electron chi connectivity index (χ3n) is 3.70. The lowest BCUT2D eigenvalue weighted by Gasteiger charge is -2.38. The molecule has 3 rings (SSSR count). The number of carbonyl (C=O) groups is 1. The van der Waals surface area contributed by atoms with Crippen molar-refractivity contribution in [2.24, 2.45) is 5.92 Å². The summed E-state index contributed by atoms with van der Waals surface area (Å²) in [6.07, 6.45) is 0. The van der Waals surface area contributed by atoms with Crippen LogP contribution in [0.25, 0.3) is 10.9 Å². The Bertz CT molecular complexity index is 651. The summed E-state index contributed by atoms with van der Waals surface area (Å²) in [5, 5.41) is 3.73. The van der Waals surface area contributed by atoms with Gasteiger partial charge in [0.2, 0.25) is 5.91 Å². The fraction of sp³-hybridized carbons (Fsp3) is 0.333. The third-order valence-corrected chi connectivity index (χ3v) is 3.70. The fourth-order valence-electron chi connectivity index (χ4n) is 2.43. The normalized spacial score (nSPS) is 15.0. The topological polar surface area (TPSA) is 54.5 Å². The highest BCUT2D eigenvalue weighted by Gasteiger charge is 2.32. The summed E-state index contributed by atoms with van der Waals surface area (Å²) in [5.74, 6) is 1.93. The van der Waals surface area contributed by atoms with Crippen molar-refractivity contribution < 1.29 is 9.53 Å². The molecule has 1 fully saturated rings. The first-order valence-electron chi connectivity index (χ1n) is 6.62. The molecular weight excluding hydrogens is 254 g/mol. The minimum absolute atomic E-state index is 0.0772. The van der Waals surface area contributed by atoms with E-state index in [1.807, 2.05) is 30.3 Å². The highest BCUT2D eigenvalue weighted by Crippen LogP contribution is 2.26. The molecule has 0 bridgehead atoms. The number of aromatic nitrogens is 1. The van der Waals surface area contributed by atoms with Crippen molar-refractivity contribution in [1.82, 2.24) is 10.3 Å². The average molecular weight is 271 g/mol. The summed E-state index contributed by atoms with van der Waals surface area (Å²) in [5.41, 5.74) is 0.937. The smallest absolute Gasteiger partial charge is 0.226 e. The van der Waals surface area contributed by atoms with Crippen LogP contribution in [-0.2, 0) is 4.79 Å². The van der Waals surface area contributed by atoms with E-state index in [2.05, 4.69) is 15.2 Å². The molecular formula is C15H17N3O2. The van der Waals surface area contributed by atoms with E-state index in [9.17, 15) is 4.79 Å². The number of rotatable bonds is 3. The molecule has 1 N–H and O–H groups in total. The van der Waals surface area contributed by atoms with Gasteiger partial charge in [-0.1, -0.05) is 0 Å². The summed E-state index contributed by atoms with van der Waals surface area (Å²) in [6.45, 7) is 1.46. The van der Waals surface area contributed by atoms with E-state index in [0.717, 1.165) is 35.6 Å². The Morgan fingerprint density at radius 3 is 2.85 bits per heavy atom. The van der Waals surface area contributed by atoms with Crippen LogP contribution < -0.4 is 15.0 Å². The van der Waals surface area contributed by atoms with E-state index in [1.54, 1.807) is 14.2 Å². The summed E-state index contributed by atoms with van der Waals surface area (Å²) < 4.78 is 5.20. The van der Waals surface area contributed by atoms with Crippen molar-refractivity contribution in [2.45, 2.75) is 0 Å². The third kappa shape index (κ3) is 2.15. The zero-order valence-electron chi connectivity index (χ0n) is 11.6. The van der Waals surface area contributed by atoms with Gasteiger partial charge in [0.15, 0.2) is 0 Å². The number of fused-ring (bicyclic) bond motifs is 1. The lowest BCUT2D eigenvalue weighted by Crippen LogP contribution is -2.53. The van der Waals surface area contributed by atoms with E-state index in [4.69, 9.17) is 4.74 Å². The SMILES string of the molecule is CNC(=O)C1CN(c2ccc3cc(OC)ccc3n2)C1. The lowest BCUT2D eigenvalue weighted by atomic mass is 9.99. The summed E-state index contributed by atoms with van der Waals surface area (Å²) in [7, 11) is 3.33. The number of ether oxygens (including phenoxy) is 1. The molecule has 20 heavy (non-hydrogen) atoms. The molecule has 5 nitrogen and oxygen atoms in total. The molecule has 2 aromatic rings. The van der Waals surface area contributed by atoms with Crippen LogP contribution in [0.2, 0.25) is 0 Å². The van der Waals surface area contributed by atoms with Gasteiger partial charge in [0.25, 0.3) is 0 Å². The molecule has 1 aromatic carbocycles. The Kier molecular flexibility index (Phi) is 3.18. The number of pyridine rings is 1. The van der Waals surface area contributed by atoms with Crippen molar-refractivity contribution >= 4 is 22.6 Å². The van der Waals surface area contributed by atoms with Crippen molar-refractivity contribution in [2.75, 3.05) is 32.1 Å². The van der Waals surface area contributed by atoms with Gasteiger partial charge in [-0.15, -0.1) is 0 Å². The maximum atomic E-state index is 11.5. The van der Waals surface area contributed by atoms with Crippen LogP contribution in [0.15, 0.2) is 30.3 Å². The second-order valence-corrected chi connectivity index (χ2v) is 4.94. The van der Waals surface area contributed by atoms with Crippen LogP contribution in [0.4, 0.5) is 5.82 Å². The van der Waals surface area contributed by atoms with Gasteiger partial charge in [0, 0.05) is 25.5 Å². The molecule has 2 heterocycles. The second kappa shape index (κ2) is 5.00. The zero-order valence-corrected chi connectivity index (χ0v) is 11.6. The number of nitrogens with zero attached hydrogens (tertiary/aromatic N) is 2. The molecule has 1 saturated heterocycles. The summed E-state index contributed by atoms with van der Waals surface area (Å²) >= 11 is 0. The number of benzene rings is 1. The Labute approximate surface area is 117 Å². The van der Waals surface area contributed by atoms with E-state index in [1.165, 1.54) is 0 Å². The molecule has 0 spiro atoms. The number of amides is 1. The van der Waals surface area contributed by atoms with Gasteiger partial charge >= 0.3 is 0 Å². The van der Waals surface area contributed by atoms with Gasteiger partial charge in [-0.2, -0.15) is 0 Å². The van der Waals surface area contributed by atoms with E-state index in [-0.39, 0.29) is 11.8 Å². The Morgan fingerprint density at radius 1 is 1.35 bits per heavy atom. The van der Waals surface area contributed by atoms with Crippen LogP contribution in [-0.4, -0.2) is 38.1 Å². The number of carbonyl (C=O) groups excluding carboxylic acids is 1. The highest BCUT2D eigenvalue weighted by molar-refractivity contribution is 5.84. The van der Waals surface area contributed by atoms with Crippen molar-refractivity contribution in [3.63, 3.8) is 0 Å². The van der Waals surface area contributed by atoms with Crippen LogP contribution in [0.1, 0.15) is 0 Å². The lowest BCUT2D eigenvalue weighted by molar-refractivity contribution is -0.125. The van der Waals surface area contributed by atoms with E-state index < -0.39 is 0 Å². The predicted molar refractivity (Wildman–Crippen MR) is 78.1 cm³/mol. The molecule has 1 aromatic heterocycles. The van der Waals surface area contributed by atoms with E-state index >= 15 is 0 Å². The number of hydrogen-bond donors (Lipinski definition) is 1.